The average molecular weight is 934 g/mol. The van der Waals surface area contributed by atoms with Crippen molar-refractivity contribution in [2.45, 2.75) is 87.8 Å². The Labute approximate surface area is 391 Å². The van der Waals surface area contributed by atoms with Gasteiger partial charge in [-0.05, 0) is 33.4 Å². The third-order valence-corrected chi connectivity index (χ3v) is 14.8. The first-order chi connectivity index (χ1) is 32.3. The number of rotatable bonds is 23. The van der Waals surface area contributed by atoms with E-state index in [1.54, 1.807) is 0 Å². The van der Waals surface area contributed by atoms with Gasteiger partial charge < -0.3 is 33.2 Å². The normalized spacial score (nSPS) is 24.3. The highest BCUT2D eigenvalue weighted by Gasteiger charge is 2.58. The van der Waals surface area contributed by atoms with E-state index in [1.165, 1.54) is 0 Å². The SMILES string of the molecule is O=S(=O)(O)O[C@@H]1C(OCc2ccccc2)[C@@H](OCc2ccccc2)[C@H](OCc2ccccc2)O[C@@H]1C[S+]1C[C@@H](OCc2ccccc2)[C@H](OCc2ccccc2)[C@H]1COCc1ccccc1. The summed E-state index contributed by atoms with van der Waals surface area (Å²) in [6, 6.07) is 58.9. The molecule has 9 atom stereocenters. The van der Waals surface area contributed by atoms with Crippen LogP contribution >= 0.6 is 0 Å². The highest BCUT2D eigenvalue weighted by Crippen LogP contribution is 2.37. The third kappa shape index (κ3) is 14.1. The van der Waals surface area contributed by atoms with Crippen LogP contribution in [-0.2, 0) is 98.3 Å². The molecular weight excluding hydrogens is 877 g/mol. The molecule has 2 aliphatic heterocycles. The van der Waals surface area contributed by atoms with Crippen LogP contribution in [0.4, 0.5) is 0 Å². The fourth-order valence-electron chi connectivity index (χ4n) is 8.28. The zero-order valence-corrected chi connectivity index (χ0v) is 38.3. The molecule has 8 rings (SSSR count). The predicted octanol–water partition coefficient (Wildman–Crippen LogP) is 8.68. The summed E-state index contributed by atoms with van der Waals surface area (Å²) in [4.78, 5) is 0. The van der Waals surface area contributed by atoms with Crippen molar-refractivity contribution in [3.05, 3.63) is 215 Å². The van der Waals surface area contributed by atoms with Crippen molar-refractivity contribution in [1.82, 2.24) is 0 Å². The number of ether oxygens (including phenoxy) is 7. The lowest BCUT2D eigenvalue weighted by atomic mass is 9.99. The topological polar surface area (TPSA) is 128 Å². The molecule has 13 heteroatoms. The quantitative estimate of drug-likeness (QED) is 0.0490. The summed E-state index contributed by atoms with van der Waals surface area (Å²) in [7, 11) is -5.66. The van der Waals surface area contributed by atoms with Crippen molar-refractivity contribution in [2.24, 2.45) is 0 Å². The Kier molecular flexibility index (Phi) is 17.6. The summed E-state index contributed by atoms with van der Waals surface area (Å²) in [5, 5.41) is -0.215. The highest BCUT2D eigenvalue weighted by molar-refractivity contribution is 7.97. The number of hydrogen-bond acceptors (Lipinski definition) is 10. The zero-order valence-electron chi connectivity index (χ0n) is 36.6. The van der Waals surface area contributed by atoms with Gasteiger partial charge in [0.15, 0.2) is 11.5 Å². The molecule has 11 nitrogen and oxygen atoms in total. The minimum absolute atomic E-state index is 0.0899. The Morgan fingerprint density at radius 1 is 0.470 bits per heavy atom. The molecule has 66 heavy (non-hydrogen) atoms. The fourth-order valence-corrected chi connectivity index (χ4v) is 11.7. The van der Waals surface area contributed by atoms with Gasteiger partial charge in [-0.3, -0.25) is 4.55 Å². The summed E-state index contributed by atoms with van der Waals surface area (Å²) in [5.74, 6) is 0.834. The molecule has 0 aromatic heterocycles. The monoisotopic (exact) mass is 933 g/mol. The molecule has 346 valence electrons. The van der Waals surface area contributed by atoms with Crippen molar-refractivity contribution in [3.63, 3.8) is 0 Å². The van der Waals surface area contributed by atoms with Crippen LogP contribution in [0.5, 0.6) is 0 Å². The van der Waals surface area contributed by atoms with Gasteiger partial charge in [-0.1, -0.05) is 182 Å². The van der Waals surface area contributed by atoms with Crippen LogP contribution in [0.1, 0.15) is 33.4 Å². The van der Waals surface area contributed by atoms with Crippen LogP contribution in [0, 0.1) is 0 Å². The van der Waals surface area contributed by atoms with Gasteiger partial charge in [-0.2, -0.15) is 8.42 Å². The Morgan fingerprint density at radius 2 is 0.848 bits per heavy atom. The molecule has 2 fully saturated rings. The lowest BCUT2D eigenvalue weighted by Crippen LogP contribution is -2.62. The molecule has 1 N–H and O–H groups in total. The van der Waals surface area contributed by atoms with Gasteiger partial charge in [0.2, 0.25) is 0 Å². The van der Waals surface area contributed by atoms with Gasteiger partial charge in [0.25, 0.3) is 0 Å². The molecule has 0 saturated carbocycles. The van der Waals surface area contributed by atoms with Crippen LogP contribution in [0.2, 0.25) is 0 Å². The summed E-state index contributed by atoms with van der Waals surface area (Å²) in [6.07, 6.45) is -6.24. The molecule has 0 bridgehead atoms. The van der Waals surface area contributed by atoms with Crippen LogP contribution in [0.3, 0.4) is 0 Å². The lowest BCUT2D eigenvalue weighted by molar-refractivity contribution is -0.311. The molecule has 6 aromatic rings. The van der Waals surface area contributed by atoms with Gasteiger partial charge in [-0.15, -0.1) is 0 Å². The number of hydrogen-bond donors (Lipinski definition) is 1. The van der Waals surface area contributed by atoms with E-state index in [4.69, 9.17) is 37.3 Å². The largest absolute Gasteiger partial charge is 0.397 e. The first-order valence-electron chi connectivity index (χ1n) is 22.2. The van der Waals surface area contributed by atoms with Crippen molar-refractivity contribution in [3.8, 4) is 0 Å². The molecule has 0 radical (unpaired) electrons. The lowest BCUT2D eigenvalue weighted by Gasteiger charge is -2.44. The van der Waals surface area contributed by atoms with E-state index in [2.05, 4.69) is 0 Å². The molecule has 2 unspecified atom stereocenters. The second-order valence-corrected chi connectivity index (χ2v) is 19.8. The smallest absolute Gasteiger partial charge is 0.371 e. The van der Waals surface area contributed by atoms with Gasteiger partial charge in [0.1, 0.15) is 48.1 Å². The molecule has 6 aromatic carbocycles. The van der Waals surface area contributed by atoms with Gasteiger partial charge in [0.05, 0.1) is 46.2 Å². The maximum atomic E-state index is 13.0. The van der Waals surface area contributed by atoms with Gasteiger partial charge in [-0.25, -0.2) is 4.18 Å². The molecule has 2 saturated heterocycles. The van der Waals surface area contributed by atoms with E-state index >= 15 is 0 Å². The zero-order chi connectivity index (χ0) is 45.4. The summed E-state index contributed by atoms with van der Waals surface area (Å²) in [6.45, 7) is 1.82. The van der Waals surface area contributed by atoms with Crippen molar-refractivity contribution in [2.75, 3.05) is 18.1 Å². The third-order valence-electron chi connectivity index (χ3n) is 11.6. The van der Waals surface area contributed by atoms with Gasteiger partial charge in [0, 0.05) is 10.9 Å². The predicted molar refractivity (Wildman–Crippen MR) is 253 cm³/mol. The number of benzene rings is 6. The Morgan fingerprint density at radius 3 is 1.29 bits per heavy atom. The minimum atomic E-state index is -5.06. The van der Waals surface area contributed by atoms with Crippen LogP contribution in [-0.4, -0.2) is 79.2 Å². The highest BCUT2D eigenvalue weighted by atomic mass is 32.3. The Balaban J connectivity index is 1.14. The van der Waals surface area contributed by atoms with Crippen molar-refractivity contribution in [1.29, 1.82) is 0 Å². The average Bonchev–Trinajstić information content (AvgIpc) is 3.67. The first-order valence-corrected chi connectivity index (χ1v) is 25.2. The maximum Gasteiger partial charge on any atom is 0.397 e. The standard InChI is InChI=1S/C53H56O11S2/c54-66(55,56)64-50-47(63-53(62-36-45-29-17-6-18-30-45)52(61-35-44-27-15-5-16-28-44)51(50)60-34-43-25-13-4-14-26-43)39-65-38-46(58-32-41-21-9-2-10-22-41)49(59-33-42-23-11-3-12-24-42)48(65)37-57-31-40-19-7-1-8-20-40/h1-30,46-53H,31-39H2/p+1/t46-,47-,48-,49+,50+,51?,52-,53-,65?/m1/s1. The summed E-state index contributed by atoms with van der Waals surface area (Å²) in [5.41, 5.74) is 5.71. The van der Waals surface area contributed by atoms with E-state index in [0.717, 1.165) is 33.4 Å². The molecule has 2 heterocycles. The van der Waals surface area contributed by atoms with Crippen LogP contribution in [0.25, 0.3) is 0 Å². The molecular formula is C53H57O11S2+. The maximum absolute atomic E-state index is 13.0. The summed E-state index contributed by atoms with van der Waals surface area (Å²) < 4.78 is 89.1. The van der Waals surface area contributed by atoms with Gasteiger partial charge >= 0.3 is 10.4 Å². The molecule has 0 spiro atoms. The van der Waals surface area contributed by atoms with E-state index in [1.807, 2.05) is 182 Å². The second kappa shape index (κ2) is 24.3. The molecule has 0 amide bonds. The molecule has 2 aliphatic rings. The van der Waals surface area contributed by atoms with E-state index in [-0.39, 0.29) is 36.9 Å². The first kappa shape index (κ1) is 47.7. The second-order valence-electron chi connectivity index (χ2n) is 16.4. The molecule has 0 aliphatic carbocycles. The van der Waals surface area contributed by atoms with Crippen molar-refractivity contribution >= 4 is 21.3 Å². The van der Waals surface area contributed by atoms with Crippen LogP contribution < -0.4 is 0 Å². The Hall–Kier alpha value is -4.74. The van der Waals surface area contributed by atoms with Crippen molar-refractivity contribution < 1.29 is 50.3 Å². The van der Waals surface area contributed by atoms with Crippen LogP contribution in [0.15, 0.2) is 182 Å². The van der Waals surface area contributed by atoms with E-state index in [9.17, 15) is 13.0 Å². The Bertz CT molecular complexity index is 2400. The summed E-state index contributed by atoms with van der Waals surface area (Å²) >= 11 is 0. The van der Waals surface area contributed by atoms with E-state index < -0.39 is 58.1 Å². The minimum Gasteiger partial charge on any atom is -0.371 e. The fraction of sp³-hybridized carbons (Fsp3) is 0.321. The van der Waals surface area contributed by atoms with E-state index in [0.29, 0.717) is 32.2 Å².